The number of hydrogen-bond acceptors (Lipinski definition) is 6. The molecule has 22 heavy (non-hydrogen) atoms. The molecule has 1 atom stereocenters. The van der Waals surface area contributed by atoms with Gasteiger partial charge in [0.15, 0.2) is 5.13 Å². The number of anilines is 1. The van der Waals surface area contributed by atoms with E-state index in [0.717, 1.165) is 42.3 Å². The molecule has 5 nitrogen and oxygen atoms in total. The fourth-order valence-corrected chi connectivity index (χ4v) is 3.69. The van der Waals surface area contributed by atoms with Crippen molar-refractivity contribution in [3.05, 3.63) is 43.0 Å². The van der Waals surface area contributed by atoms with Gasteiger partial charge in [0, 0.05) is 18.9 Å². The van der Waals surface area contributed by atoms with Gasteiger partial charge in [-0.1, -0.05) is 11.3 Å². The summed E-state index contributed by atoms with van der Waals surface area (Å²) in [5.74, 6) is 0.836. The van der Waals surface area contributed by atoms with Crippen molar-refractivity contribution in [1.29, 1.82) is 0 Å². The van der Waals surface area contributed by atoms with Gasteiger partial charge in [-0.3, -0.25) is 9.97 Å². The fourth-order valence-electron chi connectivity index (χ4n) is 2.72. The molecule has 3 aromatic heterocycles. The lowest BCUT2D eigenvalue weighted by atomic mass is 10.1. The number of nitrogens with zero attached hydrogens (tertiary/aromatic N) is 4. The molecule has 0 radical (unpaired) electrons. The monoisotopic (exact) mass is 312 g/mol. The molecule has 1 saturated heterocycles. The fraction of sp³-hybridized carbons (Fsp3) is 0.312. The van der Waals surface area contributed by atoms with Gasteiger partial charge in [-0.15, -0.1) is 0 Å². The van der Waals surface area contributed by atoms with E-state index in [1.807, 2.05) is 30.6 Å². The first-order chi connectivity index (χ1) is 10.9. The minimum absolute atomic E-state index is 0.183. The molecule has 0 amide bonds. The summed E-state index contributed by atoms with van der Waals surface area (Å²) in [5.41, 5.74) is 0.970. The molecule has 1 aliphatic heterocycles. The van der Waals surface area contributed by atoms with E-state index in [-0.39, 0.29) is 6.10 Å². The first kappa shape index (κ1) is 13.5. The zero-order valence-electron chi connectivity index (χ0n) is 12.1. The predicted octanol–water partition coefficient (Wildman–Crippen LogP) is 3.13. The van der Waals surface area contributed by atoms with Crippen molar-refractivity contribution in [1.82, 2.24) is 15.0 Å². The lowest BCUT2D eigenvalue weighted by Gasteiger charge is -2.32. The van der Waals surface area contributed by atoms with E-state index in [2.05, 4.69) is 14.9 Å². The van der Waals surface area contributed by atoms with Gasteiger partial charge >= 0.3 is 0 Å². The normalized spacial score (nSPS) is 18.5. The number of hydrogen-bond donors (Lipinski definition) is 0. The molecule has 1 aliphatic rings. The van der Waals surface area contributed by atoms with Gasteiger partial charge in [-0.25, -0.2) is 4.98 Å². The van der Waals surface area contributed by atoms with Crippen LogP contribution in [0.25, 0.3) is 10.2 Å². The van der Waals surface area contributed by atoms with Gasteiger partial charge in [0.25, 0.3) is 0 Å². The van der Waals surface area contributed by atoms with Crippen LogP contribution in [0.5, 0.6) is 5.75 Å². The van der Waals surface area contributed by atoms with Crippen molar-refractivity contribution in [3.63, 3.8) is 0 Å². The highest BCUT2D eigenvalue weighted by molar-refractivity contribution is 7.22. The van der Waals surface area contributed by atoms with Crippen LogP contribution in [0, 0.1) is 0 Å². The summed E-state index contributed by atoms with van der Waals surface area (Å²) in [6, 6.07) is 5.87. The molecule has 0 spiro atoms. The van der Waals surface area contributed by atoms with E-state index in [0.29, 0.717) is 0 Å². The molecule has 1 unspecified atom stereocenters. The second-order valence-electron chi connectivity index (χ2n) is 5.36. The van der Waals surface area contributed by atoms with Crippen molar-refractivity contribution in [3.8, 4) is 5.75 Å². The lowest BCUT2D eigenvalue weighted by molar-refractivity contribution is 0.178. The number of piperidine rings is 1. The van der Waals surface area contributed by atoms with Crippen LogP contribution in [0.15, 0.2) is 43.0 Å². The minimum Gasteiger partial charge on any atom is -0.487 e. The Morgan fingerprint density at radius 1 is 1.18 bits per heavy atom. The maximum atomic E-state index is 6.04. The third kappa shape index (κ3) is 2.74. The lowest BCUT2D eigenvalue weighted by Crippen LogP contribution is -2.41. The van der Waals surface area contributed by atoms with Gasteiger partial charge in [0.1, 0.15) is 17.4 Å². The Labute approximate surface area is 132 Å². The molecule has 0 bridgehead atoms. The van der Waals surface area contributed by atoms with Gasteiger partial charge in [0.05, 0.1) is 23.6 Å². The van der Waals surface area contributed by atoms with Gasteiger partial charge in [0.2, 0.25) is 0 Å². The average molecular weight is 312 g/mol. The summed E-state index contributed by atoms with van der Waals surface area (Å²) in [4.78, 5) is 15.2. The van der Waals surface area contributed by atoms with Crippen LogP contribution >= 0.6 is 11.3 Å². The van der Waals surface area contributed by atoms with Crippen molar-refractivity contribution in [2.75, 3.05) is 18.0 Å². The molecule has 6 heteroatoms. The van der Waals surface area contributed by atoms with E-state index in [1.165, 1.54) is 4.70 Å². The van der Waals surface area contributed by atoms with Crippen molar-refractivity contribution in [2.45, 2.75) is 18.9 Å². The number of rotatable bonds is 3. The zero-order valence-corrected chi connectivity index (χ0v) is 12.9. The van der Waals surface area contributed by atoms with Gasteiger partial charge in [-0.05, 0) is 31.0 Å². The summed E-state index contributed by atoms with van der Waals surface area (Å²) in [6.07, 6.45) is 9.52. The Hall–Kier alpha value is -2.21. The summed E-state index contributed by atoms with van der Waals surface area (Å²) < 4.78 is 7.22. The van der Waals surface area contributed by atoms with Gasteiger partial charge < -0.3 is 9.64 Å². The quantitative estimate of drug-likeness (QED) is 0.743. The third-order valence-corrected chi connectivity index (χ3v) is 4.86. The van der Waals surface area contributed by atoms with E-state index in [4.69, 9.17) is 9.72 Å². The second kappa shape index (κ2) is 5.88. The predicted molar refractivity (Wildman–Crippen MR) is 87.5 cm³/mol. The van der Waals surface area contributed by atoms with E-state index in [1.54, 1.807) is 23.7 Å². The third-order valence-electron chi connectivity index (χ3n) is 3.76. The summed E-state index contributed by atoms with van der Waals surface area (Å²) >= 11 is 1.72. The standard InChI is InChI=1S/C16H16N4OS/c1-3-12(9-17-6-1)21-13-4-2-8-20(11-13)16-19-14-10-18-7-5-15(14)22-16/h1,3,5-7,9-10,13H,2,4,8,11H2. The Bertz CT molecular complexity index is 728. The van der Waals surface area contributed by atoms with Crippen molar-refractivity contribution < 1.29 is 4.74 Å². The van der Waals surface area contributed by atoms with Crippen LogP contribution < -0.4 is 9.64 Å². The average Bonchev–Trinajstić information content (AvgIpc) is 3.00. The number of ether oxygens (including phenoxy) is 1. The summed E-state index contributed by atoms with van der Waals surface area (Å²) in [6.45, 7) is 1.89. The van der Waals surface area contributed by atoms with E-state index in [9.17, 15) is 0 Å². The van der Waals surface area contributed by atoms with E-state index >= 15 is 0 Å². The number of thiazole rings is 1. The van der Waals surface area contributed by atoms with Gasteiger partial charge in [-0.2, -0.15) is 0 Å². The summed E-state index contributed by atoms with van der Waals surface area (Å²) in [5, 5.41) is 1.06. The largest absolute Gasteiger partial charge is 0.487 e. The second-order valence-corrected chi connectivity index (χ2v) is 6.37. The highest BCUT2D eigenvalue weighted by atomic mass is 32.1. The highest BCUT2D eigenvalue weighted by Crippen LogP contribution is 2.30. The smallest absolute Gasteiger partial charge is 0.186 e. The highest BCUT2D eigenvalue weighted by Gasteiger charge is 2.23. The molecular formula is C16H16N4OS. The molecule has 0 N–H and O–H groups in total. The van der Waals surface area contributed by atoms with Crippen LogP contribution in [0.1, 0.15) is 12.8 Å². The zero-order chi connectivity index (χ0) is 14.8. The summed E-state index contributed by atoms with van der Waals surface area (Å²) in [7, 11) is 0. The van der Waals surface area contributed by atoms with Crippen molar-refractivity contribution >= 4 is 26.7 Å². The molecule has 1 fully saturated rings. The van der Waals surface area contributed by atoms with Crippen molar-refractivity contribution in [2.24, 2.45) is 0 Å². The molecular weight excluding hydrogens is 296 g/mol. The first-order valence-corrected chi connectivity index (χ1v) is 8.22. The molecule has 0 aliphatic carbocycles. The van der Waals surface area contributed by atoms with Crippen LogP contribution in [0.4, 0.5) is 5.13 Å². The molecule has 0 saturated carbocycles. The Balaban J connectivity index is 1.50. The Kier molecular flexibility index (Phi) is 3.60. The number of pyridine rings is 2. The molecule has 4 heterocycles. The molecule has 0 aromatic carbocycles. The topological polar surface area (TPSA) is 51.1 Å². The maximum absolute atomic E-state index is 6.04. The first-order valence-electron chi connectivity index (χ1n) is 7.41. The minimum atomic E-state index is 0.183. The van der Waals surface area contributed by atoms with Crippen LogP contribution in [0.2, 0.25) is 0 Å². The Morgan fingerprint density at radius 3 is 3.00 bits per heavy atom. The van der Waals surface area contributed by atoms with Crippen LogP contribution in [0.3, 0.4) is 0 Å². The SMILES string of the molecule is c1cncc(OC2CCCN(c3nc4cnccc4s3)C2)c1. The van der Waals surface area contributed by atoms with Crippen LogP contribution in [-0.4, -0.2) is 34.1 Å². The van der Waals surface area contributed by atoms with E-state index < -0.39 is 0 Å². The maximum Gasteiger partial charge on any atom is 0.186 e. The number of fused-ring (bicyclic) bond motifs is 1. The molecule has 4 rings (SSSR count). The Morgan fingerprint density at radius 2 is 2.14 bits per heavy atom. The number of aromatic nitrogens is 3. The van der Waals surface area contributed by atoms with Crippen LogP contribution in [-0.2, 0) is 0 Å². The molecule has 112 valence electrons. The molecule has 3 aromatic rings.